The van der Waals surface area contributed by atoms with Gasteiger partial charge in [0.1, 0.15) is 13.2 Å². The molecule has 2 aliphatic heterocycles. The summed E-state index contributed by atoms with van der Waals surface area (Å²) < 4.78 is 22.2. The van der Waals surface area contributed by atoms with Crippen LogP contribution in [0.4, 0.5) is 0 Å². The summed E-state index contributed by atoms with van der Waals surface area (Å²) in [6, 6.07) is 6.33. The summed E-state index contributed by atoms with van der Waals surface area (Å²) >= 11 is 0. The van der Waals surface area contributed by atoms with Gasteiger partial charge in [-0.3, -0.25) is 0 Å². The van der Waals surface area contributed by atoms with Crippen LogP contribution in [0.5, 0.6) is 11.5 Å². The van der Waals surface area contributed by atoms with Crippen LogP contribution in [0.1, 0.15) is 18.5 Å². The largest absolute Gasteiger partial charge is 0.486 e. The van der Waals surface area contributed by atoms with Crippen molar-refractivity contribution in [1.82, 2.24) is 5.32 Å². The second-order valence-corrected chi connectivity index (χ2v) is 5.10. The standard InChI is InChI=1S/C15H21NO4/c1-11(16-9-13-10-17-4-5-18-13)12-2-3-14-15(8-12)20-7-6-19-14/h2-3,8,11,13,16H,4-7,9-10H2,1H3. The molecule has 1 saturated heterocycles. The summed E-state index contributed by atoms with van der Waals surface area (Å²) in [4.78, 5) is 0. The van der Waals surface area contributed by atoms with Crippen molar-refractivity contribution in [3.05, 3.63) is 23.8 Å². The molecule has 20 heavy (non-hydrogen) atoms. The number of rotatable bonds is 4. The lowest BCUT2D eigenvalue weighted by Crippen LogP contribution is -2.38. The summed E-state index contributed by atoms with van der Waals surface area (Å²) in [5.41, 5.74) is 1.19. The van der Waals surface area contributed by atoms with E-state index in [0.29, 0.717) is 33.0 Å². The van der Waals surface area contributed by atoms with Crippen LogP contribution in [0.15, 0.2) is 18.2 Å². The molecule has 2 unspecified atom stereocenters. The lowest BCUT2D eigenvalue weighted by Gasteiger charge is -2.25. The SMILES string of the molecule is CC(NCC1COCCO1)c1ccc2c(c1)OCCO2. The number of ether oxygens (including phenoxy) is 4. The van der Waals surface area contributed by atoms with Gasteiger partial charge in [0.2, 0.25) is 0 Å². The van der Waals surface area contributed by atoms with E-state index in [9.17, 15) is 0 Å². The average molecular weight is 279 g/mol. The van der Waals surface area contributed by atoms with E-state index in [2.05, 4.69) is 18.3 Å². The van der Waals surface area contributed by atoms with Crippen molar-refractivity contribution in [2.75, 3.05) is 39.6 Å². The highest BCUT2D eigenvalue weighted by Gasteiger charge is 2.17. The zero-order chi connectivity index (χ0) is 13.8. The van der Waals surface area contributed by atoms with Crippen LogP contribution >= 0.6 is 0 Å². The molecular weight excluding hydrogens is 258 g/mol. The Labute approximate surface area is 119 Å². The predicted octanol–water partition coefficient (Wildman–Crippen LogP) is 1.52. The van der Waals surface area contributed by atoms with Crippen LogP contribution in [0, 0.1) is 0 Å². The van der Waals surface area contributed by atoms with Gasteiger partial charge in [-0.05, 0) is 24.6 Å². The quantitative estimate of drug-likeness (QED) is 0.905. The van der Waals surface area contributed by atoms with Crippen molar-refractivity contribution in [3.63, 3.8) is 0 Å². The highest BCUT2D eigenvalue weighted by atomic mass is 16.6. The van der Waals surface area contributed by atoms with Gasteiger partial charge < -0.3 is 24.3 Å². The van der Waals surface area contributed by atoms with Gasteiger partial charge in [0.05, 0.1) is 25.9 Å². The zero-order valence-electron chi connectivity index (χ0n) is 11.8. The van der Waals surface area contributed by atoms with E-state index in [1.807, 2.05) is 12.1 Å². The number of nitrogens with one attached hydrogen (secondary N) is 1. The fraction of sp³-hybridized carbons (Fsp3) is 0.600. The summed E-state index contributed by atoms with van der Waals surface area (Å²) in [6.45, 7) is 6.22. The molecule has 0 aliphatic carbocycles. The van der Waals surface area contributed by atoms with Crippen LogP contribution in [0.3, 0.4) is 0 Å². The Bertz CT molecular complexity index is 445. The molecule has 2 heterocycles. The second kappa shape index (κ2) is 6.43. The van der Waals surface area contributed by atoms with Crippen molar-refractivity contribution in [1.29, 1.82) is 0 Å². The topological polar surface area (TPSA) is 49.0 Å². The van der Waals surface area contributed by atoms with E-state index in [1.54, 1.807) is 0 Å². The highest BCUT2D eigenvalue weighted by molar-refractivity contribution is 5.44. The van der Waals surface area contributed by atoms with Gasteiger partial charge in [0.15, 0.2) is 11.5 Å². The van der Waals surface area contributed by atoms with Gasteiger partial charge in [-0.15, -0.1) is 0 Å². The van der Waals surface area contributed by atoms with E-state index in [-0.39, 0.29) is 12.1 Å². The molecule has 0 saturated carbocycles. The Morgan fingerprint density at radius 2 is 2.00 bits per heavy atom. The lowest BCUT2D eigenvalue weighted by molar-refractivity contribution is -0.0869. The number of fused-ring (bicyclic) bond motifs is 1. The molecule has 1 aromatic carbocycles. The van der Waals surface area contributed by atoms with Crippen molar-refractivity contribution < 1.29 is 18.9 Å². The normalized spacial score (nSPS) is 23.4. The first kappa shape index (κ1) is 13.7. The van der Waals surface area contributed by atoms with Gasteiger partial charge in [0.25, 0.3) is 0 Å². The van der Waals surface area contributed by atoms with Crippen molar-refractivity contribution in [3.8, 4) is 11.5 Å². The molecule has 1 aromatic rings. The highest BCUT2D eigenvalue weighted by Crippen LogP contribution is 2.32. The first-order valence-electron chi connectivity index (χ1n) is 7.15. The van der Waals surface area contributed by atoms with E-state index >= 15 is 0 Å². The minimum atomic E-state index is 0.142. The molecule has 3 rings (SSSR count). The van der Waals surface area contributed by atoms with Gasteiger partial charge >= 0.3 is 0 Å². The molecule has 1 fully saturated rings. The molecule has 1 N–H and O–H groups in total. The second-order valence-electron chi connectivity index (χ2n) is 5.10. The molecule has 0 spiro atoms. The molecule has 2 atom stereocenters. The summed E-state index contributed by atoms with van der Waals surface area (Å²) in [5.74, 6) is 1.66. The van der Waals surface area contributed by atoms with Gasteiger partial charge in [-0.1, -0.05) is 6.07 Å². The molecule has 5 nitrogen and oxygen atoms in total. The maximum absolute atomic E-state index is 5.62. The Hall–Kier alpha value is -1.30. The van der Waals surface area contributed by atoms with Crippen molar-refractivity contribution >= 4 is 0 Å². The Morgan fingerprint density at radius 1 is 1.15 bits per heavy atom. The van der Waals surface area contributed by atoms with E-state index in [1.165, 1.54) is 5.56 Å². The summed E-state index contributed by atoms with van der Waals surface area (Å²) in [6.07, 6.45) is 0.142. The van der Waals surface area contributed by atoms with E-state index < -0.39 is 0 Å². The predicted molar refractivity (Wildman–Crippen MR) is 74.4 cm³/mol. The third kappa shape index (κ3) is 3.23. The van der Waals surface area contributed by atoms with Gasteiger partial charge in [-0.25, -0.2) is 0 Å². The minimum absolute atomic E-state index is 0.142. The molecule has 0 aromatic heterocycles. The Kier molecular flexibility index (Phi) is 4.40. The molecule has 110 valence electrons. The summed E-state index contributed by atoms with van der Waals surface area (Å²) in [5, 5.41) is 3.47. The maximum atomic E-state index is 5.62. The Morgan fingerprint density at radius 3 is 2.80 bits per heavy atom. The molecule has 0 bridgehead atoms. The van der Waals surface area contributed by atoms with Crippen LogP contribution in [-0.4, -0.2) is 45.7 Å². The first-order valence-corrected chi connectivity index (χ1v) is 7.15. The number of hydrogen-bond donors (Lipinski definition) is 1. The molecule has 0 radical (unpaired) electrons. The smallest absolute Gasteiger partial charge is 0.161 e. The third-order valence-electron chi connectivity index (χ3n) is 3.60. The fourth-order valence-corrected chi connectivity index (χ4v) is 2.41. The van der Waals surface area contributed by atoms with Gasteiger partial charge in [-0.2, -0.15) is 0 Å². The van der Waals surface area contributed by atoms with Crippen LogP contribution in [0.25, 0.3) is 0 Å². The lowest BCUT2D eigenvalue weighted by atomic mass is 10.1. The summed E-state index contributed by atoms with van der Waals surface area (Å²) in [7, 11) is 0. The van der Waals surface area contributed by atoms with E-state index in [0.717, 1.165) is 18.0 Å². The monoisotopic (exact) mass is 279 g/mol. The number of benzene rings is 1. The molecule has 5 heteroatoms. The average Bonchev–Trinajstić information content (AvgIpc) is 2.53. The van der Waals surface area contributed by atoms with Gasteiger partial charge in [0, 0.05) is 12.6 Å². The fourth-order valence-electron chi connectivity index (χ4n) is 2.41. The molecule has 2 aliphatic rings. The minimum Gasteiger partial charge on any atom is -0.486 e. The van der Waals surface area contributed by atoms with E-state index in [4.69, 9.17) is 18.9 Å². The molecular formula is C15H21NO4. The van der Waals surface area contributed by atoms with Crippen molar-refractivity contribution in [2.45, 2.75) is 19.1 Å². The van der Waals surface area contributed by atoms with Crippen LogP contribution in [-0.2, 0) is 9.47 Å². The first-order chi connectivity index (χ1) is 9.83. The van der Waals surface area contributed by atoms with Crippen LogP contribution in [0.2, 0.25) is 0 Å². The van der Waals surface area contributed by atoms with Crippen molar-refractivity contribution in [2.24, 2.45) is 0 Å². The third-order valence-corrected chi connectivity index (χ3v) is 3.60. The zero-order valence-corrected chi connectivity index (χ0v) is 11.8. The Balaban J connectivity index is 1.57. The van der Waals surface area contributed by atoms with Crippen LogP contribution < -0.4 is 14.8 Å². The molecule has 0 amide bonds. The number of hydrogen-bond acceptors (Lipinski definition) is 5. The maximum Gasteiger partial charge on any atom is 0.161 e.